The van der Waals surface area contributed by atoms with Crippen molar-refractivity contribution < 1.29 is 4.79 Å². The molecule has 3 unspecified atom stereocenters. The first-order valence-electron chi connectivity index (χ1n) is 8.79. The van der Waals surface area contributed by atoms with Crippen LogP contribution in [0.25, 0.3) is 0 Å². The molecule has 1 saturated carbocycles. The maximum absolute atomic E-state index is 13.0. The van der Waals surface area contributed by atoms with Gasteiger partial charge in [-0.1, -0.05) is 47.5 Å². The summed E-state index contributed by atoms with van der Waals surface area (Å²) in [4.78, 5) is 13.0. The van der Waals surface area contributed by atoms with Crippen LogP contribution < -0.4 is 10.6 Å². The van der Waals surface area contributed by atoms with Crippen molar-refractivity contribution in [2.45, 2.75) is 72.8 Å². The zero-order chi connectivity index (χ0) is 15.7. The van der Waals surface area contributed by atoms with Crippen LogP contribution in [0.5, 0.6) is 0 Å². The van der Waals surface area contributed by atoms with Crippen molar-refractivity contribution in [3.8, 4) is 0 Å². The molecular formula is C18H34N2O. The van der Waals surface area contributed by atoms with Gasteiger partial charge in [0.25, 0.3) is 0 Å². The molecule has 2 rings (SSSR count). The quantitative estimate of drug-likeness (QED) is 0.838. The predicted molar refractivity (Wildman–Crippen MR) is 88.1 cm³/mol. The highest BCUT2D eigenvalue weighted by Crippen LogP contribution is 2.40. The summed E-state index contributed by atoms with van der Waals surface area (Å²) in [5, 5.41) is 6.85. The molecule has 0 aromatic rings. The predicted octanol–water partition coefficient (Wildman–Crippen LogP) is 3.34. The molecule has 0 radical (unpaired) electrons. The highest BCUT2D eigenvalue weighted by molar-refractivity contribution is 5.84. The van der Waals surface area contributed by atoms with E-state index in [-0.39, 0.29) is 10.8 Å². The van der Waals surface area contributed by atoms with Crippen molar-refractivity contribution in [2.75, 3.05) is 13.1 Å². The van der Waals surface area contributed by atoms with Crippen LogP contribution in [-0.2, 0) is 4.79 Å². The van der Waals surface area contributed by atoms with Crippen molar-refractivity contribution in [3.05, 3.63) is 0 Å². The zero-order valence-electron chi connectivity index (χ0n) is 14.6. The van der Waals surface area contributed by atoms with Gasteiger partial charge in [-0.15, -0.1) is 0 Å². The molecule has 1 aliphatic carbocycles. The lowest BCUT2D eigenvalue weighted by molar-refractivity contribution is -0.134. The summed E-state index contributed by atoms with van der Waals surface area (Å²) >= 11 is 0. The summed E-state index contributed by atoms with van der Waals surface area (Å²) < 4.78 is 0. The Hall–Kier alpha value is -0.570. The Labute approximate surface area is 130 Å². The van der Waals surface area contributed by atoms with Gasteiger partial charge in [0.15, 0.2) is 0 Å². The topological polar surface area (TPSA) is 41.1 Å². The Kier molecular flexibility index (Phi) is 5.02. The Balaban J connectivity index is 2.09. The third-order valence-corrected chi connectivity index (χ3v) is 5.94. The highest BCUT2D eigenvalue weighted by atomic mass is 16.2. The second kappa shape index (κ2) is 6.28. The molecule has 0 bridgehead atoms. The fourth-order valence-electron chi connectivity index (χ4n) is 4.31. The van der Waals surface area contributed by atoms with Crippen molar-refractivity contribution in [2.24, 2.45) is 22.7 Å². The lowest BCUT2D eigenvalue weighted by Gasteiger charge is -2.42. The average Bonchev–Trinajstić information content (AvgIpc) is 2.88. The van der Waals surface area contributed by atoms with Crippen LogP contribution >= 0.6 is 0 Å². The first kappa shape index (κ1) is 16.8. The van der Waals surface area contributed by atoms with Gasteiger partial charge in [0, 0.05) is 12.6 Å². The average molecular weight is 294 g/mol. The van der Waals surface area contributed by atoms with E-state index in [0.717, 1.165) is 25.9 Å². The minimum atomic E-state index is -0.195. The van der Waals surface area contributed by atoms with E-state index in [0.29, 0.717) is 23.8 Å². The first-order chi connectivity index (χ1) is 9.77. The van der Waals surface area contributed by atoms with Crippen LogP contribution in [0.15, 0.2) is 0 Å². The molecule has 1 heterocycles. The Morgan fingerprint density at radius 1 is 1.24 bits per heavy atom. The standard InChI is InChI=1S/C18H34N2O/c1-13(2)18(10-11-19-12-18)16(21)20-15-9-7-6-8-14(15)17(3,4)5/h13-15,19H,6-12H2,1-5H3,(H,20,21). The van der Waals surface area contributed by atoms with E-state index in [2.05, 4.69) is 45.3 Å². The minimum Gasteiger partial charge on any atom is -0.353 e. The van der Waals surface area contributed by atoms with Gasteiger partial charge < -0.3 is 10.6 Å². The second-order valence-corrected chi connectivity index (χ2v) is 8.57. The molecule has 2 N–H and O–H groups in total. The lowest BCUT2D eigenvalue weighted by atomic mass is 9.68. The van der Waals surface area contributed by atoms with Crippen LogP contribution in [0, 0.1) is 22.7 Å². The third kappa shape index (κ3) is 3.44. The molecule has 1 amide bonds. The number of amides is 1. The summed E-state index contributed by atoms with van der Waals surface area (Å²) in [6, 6.07) is 0.363. The van der Waals surface area contributed by atoms with Gasteiger partial charge in [-0.25, -0.2) is 0 Å². The number of nitrogens with one attached hydrogen (secondary N) is 2. The van der Waals surface area contributed by atoms with Gasteiger partial charge in [-0.3, -0.25) is 4.79 Å². The smallest absolute Gasteiger partial charge is 0.228 e. The van der Waals surface area contributed by atoms with E-state index in [1.807, 2.05) is 0 Å². The maximum atomic E-state index is 13.0. The molecule has 0 spiro atoms. The largest absolute Gasteiger partial charge is 0.353 e. The molecule has 1 aliphatic heterocycles. The summed E-state index contributed by atoms with van der Waals surface area (Å²) in [5.74, 6) is 1.29. The van der Waals surface area contributed by atoms with Gasteiger partial charge in [-0.2, -0.15) is 0 Å². The summed E-state index contributed by atoms with van der Waals surface area (Å²) in [6.45, 7) is 13.1. The molecule has 3 nitrogen and oxygen atoms in total. The molecule has 3 atom stereocenters. The Morgan fingerprint density at radius 3 is 2.43 bits per heavy atom. The Bertz CT molecular complexity index is 364. The van der Waals surface area contributed by atoms with E-state index in [4.69, 9.17) is 0 Å². The fraction of sp³-hybridized carbons (Fsp3) is 0.944. The van der Waals surface area contributed by atoms with E-state index < -0.39 is 0 Å². The second-order valence-electron chi connectivity index (χ2n) is 8.57. The van der Waals surface area contributed by atoms with E-state index in [1.54, 1.807) is 0 Å². The SMILES string of the molecule is CC(C)C1(C(=O)NC2CCCCC2C(C)(C)C)CCNC1. The van der Waals surface area contributed by atoms with Gasteiger partial charge in [-0.05, 0) is 43.1 Å². The lowest BCUT2D eigenvalue weighted by Crippen LogP contribution is -2.53. The molecule has 21 heavy (non-hydrogen) atoms. The number of rotatable bonds is 3. The first-order valence-corrected chi connectivity index (χ1v) is 8.79. The summed E-state index contributed by atoms with van der Waals surface area (Å²) in [7, 11) is 0. The summed E-state index contributed by atoms with van der Waals surface area (Å²) in [5.41, 5.74) is 0.0805. The number of carbonyl (C=O) groups excluding carboxylic acids is 1. The van der Waals surface area contributed by atoms with Gasteiger partial charge in [0.2, 0.25) is 5.91 Å². The zero-order valence-corrected chi connectivity index (χ0v) is 14.6. The highest BCUT2D eigenvalue weighted by Gasteiger charge is 2.45. The van der Waals surface area contributed by atoms with Crippen LogP contribution in [0.2, 0.25) is 0 Å². The summed E-state index contributed by atoms with van der Waals surface area (Å²) in [6.07, 6.45) is 5.94. The van der Waals surface area contributed by atoms with E-state index in [9.17, 15) is 4.79 Å². The molecule has 1 saturated heterocycles. The van der Waals surface area contributed by atoms with Crippen LogP contribution in [0.4, 0.5) is 0 Å². The Morgan fingerprint density at radius 2 is 1.90 bits per heavy atom. The van der Waals surface area contributed by atoms with Crippen molar-refractivity contribution in [1.29, 1.82) is 0 Å². The third-order valence-electron chi connectivity index (χ3n) is 5.94. The number of hydrogen-bond acceptors (Lipinski definition) is 2. The maximum Gasteiger partial charge on any atom is 0.228 e. The van der Waals surface area contributed by atoms with E-state index >= 15 is 0 Å². The van der Waals surface area contributed by atoms with Gasteiger partial charge in [0.05, 0.1) is 5.41 Å². The molecule has 3 heteroatoms. The monoisotopic (exact) mass is 294 g/mol. The molecule has 0 aromatic heterocycles. The molecule has 2 fully saturated rings. The van der Waals surface area contributed by atoms with Crippen LogP contribution in [-0.4, -0.2) is 25.0 Å². The molecular weight excluding hydrogens is 260 g/mol. The van der Waals surface area contributed by atoms with E-state index in [1.165, 1.54) is 19.3 Å². The fourth-order valence-corrected chi connectivity index (χ4v) is 4.31. The number of hydrogen-bond donors (Lipinski definition) is 2. The van der Waals surface area contributed by atoms with Gasteiger partial charge in [0.1, 0.15) is 0 Å². The van der Waals surface area contributed by atoms with Crippen molar-refractivity contribution in [3.63, 3.8) is 0 Å². The molecule has 2 aliphatic rings. The van der Waals surface area contributed by atoms with Crippen LogP contribution in [0.1, 0.15) is 66.7 Å². The minimum absolute atomic E-state index is 0.195. The normalized spacial score (nSPS) is 34.2. The molecule has 122 valence electrons. The van der Waals surface area contributed by atoms with Crippen molar-refractivity contribution >= 4 is 5.91 Å². The van der Waals surface area contributed by atoms with Crippen LogP contribution in [0.3, 0.4) is 0 Å². The number of carbonyl (C=O) groups is 1. The van der Waals surface area contributed by atoms with Crippen molar-refractivity contribution in [1.82, 2.24) is 10.6 Å². The van der Waals surface area contributed by atoms with Gasteiger partial charge >= 0.3 is 0 Å². The molecule has 0 aromatic carbocycles.